The summed E-state index contributed by atoms with van der Waals surface area (Å²) in [6.07, 6.45) is 0. The highest BCUT2D eigenvalue weighted by Gasteiger charge is 2.33. The fraction of sp³-hybridized carbons (Fsp3) is 0.333. The molecule has 0 radical (unpaired) electrons. The number of nitrogens with two attached hydrogens (primary N) is 1. The smallest absolute Gasteiger partial charge is 0.247 e. The predicted molar refractivity (Wildman–Crippen MR) is 75.7 cm³/mol. The molecule has 1 unspecified atom stereocenters. The molecule has 0 aliphatic rings. The van der Waals surface area contributed by atoms with Crippen LogP contribution in [0.15, 0.2) is 40.9 Å². The van der Waals surface area contributed by atoms with Crippen molar-refractivity contribution in [1.29, 1.82) is 0 Å². The maximum absolute atomic E-state index is 12.5. The SMILES string of the molecule is Cc1cc(CN(C)C(=O)C(C)(N)c2ccccc2)no1. The molecule has 0 spiro atoms. The summed E-state index contributed by atoms with van der Waals surface area (Å²) >= 11 is 0. The number of carbonyl (C=O) groups excluding carboxylic acids is 1. The molecule has 0 saturated heterocycles. The van der Waals surface area contributed by atoms with E-state index in [9.17, 15) is 4.79 Å². The third-order valence-electron chi connectivity index (χ3n) is 3.24. The Kier molecular flexibility index (Phi) is 3.90. The third-order valence-corrected chi connectivity index (χ3v) is 3.24. The summed E-state index contributed by atoms with van der Waals surface area (Å²) in [5.74, 6) is 0.559. The fourth-order valence-electron chi connectivity index (χ4n) is 2.11. The van der Waals surface area contributed by atoms with Crippen molar-refractivity contribution in [2.75, 3.05) is 7.05 Å². The summed E-state index contributed by atoms with van der Waals surface area (Å²) in [4.78, 5) is 14.1. The van der Waals surface area contributed by atoms with Crippen LogP contribution in [0.2, 0.25) is 0 Å². The molecular formula is C15H19N3O2. The molecule has 5 heteroatoms. The van der Waals surface area contributed by atoms with Gasteiger partial charge in [0.25, 0.3) is 0 Å². The van der Waals surface area contributed by atoms with Gasteiger partial charge in [-0.3, -0.25) is 4.79 Å². The van der Waals surface area contributed by atoms with Gasteiger partial charge in [0.15, 0.2) is 0 Å². The predicted octanol–water partition coefficient (Wildman–Crippen LogP) is 1.82. The zero-order valence-electron chi connectivity index (χ0n) is 12.0. The van der Waals surface area contributed by atoms with E-state index in [0.29, 0.717) is 12.2 Å². The molecule has 1 heterocycles. The third kappa shape index (κ3) is 2.88. The summed E-state index contributed by atoms with van der Waals surface area (Å²) in [5.41, 5.74) is 6.64. The van der Waals surface area contributed by atoms with Crippen molar-refractivity contribution >= 4 is 5.91 Å². The molecule has 1 aromatic heterocycles. The second-order valence-corrected chi connectivity index (χ2v) is 5.16. The number of carbonyl (C=O) groups is 1. The first-order valence-electron chi connectivity index (χ1n) is 6.43. The van der Waals surface area contributed by atoms with Crippen molar-refractivity contribution in [3.8, 4) is 0 Å². The first kappa shape index (κ1) is 14.3. The van der Waals surface area contributed by atoms with E-state index in [0.717, 1.165) is 11.3 Å². The van der Waals surface area contributed by atoms with Crippen molar-refractivity contribution in [2.24, 2.45) is 5.73 Å². The number of benzene rings is 1. The van der Waals surface area contributed by atoms with E-state index >= 15 is 0 Å². The van der Waals surface area contributed by atoms with Gasteiger partial charge in [-0.15, -0.1) is 0 Å². The van der Waals surface area contributed by atoms with Gasteiger partial charge in [-0.1, -0.05) is 35.5 Å². The Labute approximate surface area is 118 Å². The molecule has 0 saturated carbocycles. The lowest BCUT2D eigenvalue weighted by Crippen LogP contribution is -2.49. The Morgan fingerprint density at radius 2 is 2.05 bits per heavy atom. The van der Waals surface area contributed by atoms with Crippen LogP contribution in [-0.2, 0) is 16.9 Å². The average Bonchev–Trinajstić information content (AvgIpc) is 2.84. The number of nitrogens with zero attached hydrogens (tertiary/aromatic N) is 2. The molecule has 106 valence electrons. The average molecular weight is 273 g/mol. The van der Waals surface area contributed by atoms with E-state index in [1.165, 1.54) is 0 Å². The molecule has 0 aliphatic carbocycles. The van der Waals surface area contributed by atoms with Gasteiger partial charge < -0.3 is 15.2 Å². The lowest BCUT2D eigenvalue weighted by molar-refractivity contribution is -0.136. The maximum Gasteiger partial charge on any atom is 0.247 e. The van der Waals surface area contributed by atoms with Gasteiger partial charge in [0.2, 0.25) is 5.91 Å². The quantitative estimate of drug-likeness (QED) is 0.922. The van der Waals surface area contributed by atoms with Gasteiger partial charge >= 0.3 is 0 Å². The van der Waals surface area contributed by atoms with Crippen LogP contribution in [0.25, 0.3) is 0 Å². The van der Waals surface area contributed by atoms with Gasteiger partial charge in [-0.25, -0.2) is 0 Å². The fourth-order valence-corrected chi connectivity index (χ4v) is 2.11. The summed E-state index contributed by atoms with van der Waals surface area (Å²) in [7, 11) is 1.71. The lowest BCUT2D eigenvalue weighted by Gasteiger charge is -2.29. The first-order chi connectivity index (χ1) is 9.41. The van der Waals surface area contributed by atoms with Gasteiger partial charge in [-0.2, -0.15) is 0 Å². The van der Waals surface area contributed by atoms with Crippen LogP contribution < -0.4 is 5.73 Å². The highest BCUT2D eigenvalue weighted by atomic mass is 16.5. The Hall–Kier alpha value is -2.14. The molecule has 1 aromatic carbocycles. The zero-order chi connectivity index (χ0) is 14.8. The molecule has 5 nitrogen and oxygen atoms in total. The summed E-state index contributed by atoms with van der Waals surface area (Å²) in [5, 5.41) is 3.88. The van der Waals surface area contributed by atoms with E-state index in [1.54, 1.807) is 24.9 Å². The largest absolute Gasteiger partial charge is 0.361 e. The van der Waals surface area contributed by atoms with Crippen molar-refractivity contribution < 1.29 is 9.32 Å². The summed E-state index contributed by atoms with van der Waals surface area (Å²) < 4.78 is 5.00. The second-order valence-electron chi connectivity index (χ2n) is 5.16. The Bertz CT molecular complexity index is 590. The highest BCUT2D eigenvalue weighted by molar-refractivity contribution is 5.86. The van der Waals surface area contributed by atoms with Crippen molar-refractivity contribution in [3.63, 3.8) is 0 Å². The molecule has 2 N–H and O–H groups in total. The van der Waals surface area contributed by atoms with Gasteiger partial charge in [0.1, 0.15) is 17.0 Å². The molecule has 20 heavy (non-hydrogen) atoms. The van der Waals surface area contributed by atoms with Crippen LogP contribution in [0.4, 0.5) is 0 Å². The van der Waals surface area contributed by atoms with Crippen LogP contribution in [-0.4, -0.2) is 23.0 Å². The number of hydrogen-bond donors (Lipinski definition) is 1. The lowest BCUT2D eigenvalue weighted by atomic mass is 9.92. The van der Waals surface area contributed by atoms with Crippen LogP contribution in [0, 0.1) is 6.92 Å². The first-order valence-corrected chi connectivity index (χ1v) is 6.43. The van der Waals surface area contributed by atoms with Gasteiger partial charge in [0.05, 0.1) is 6.54 Å². The summed E-state index contributed by atoms with van der Waals surface area (Å²) in [6, 6.07) is 11.1. The van der Waals surface area contributed by atoms with E-state index in [-0.39, 0.29) is 5.91 Å². The molecule has 0 fully saturated rings. The molecule has 2 aromatic rings. The summed E-state index contributed by atoms with van der Waals surface area (Å²) in [6.45, 7) is 3.90. The van der Waals surface area contributed by atoms with Crippen molar-refractivity contribution in [3.05, 3.63) is 53.4 Å². The minimum Gasteiger partial charge on any atom is -0.361 e. The number of aryl methyl sites for hydroxylation is 1. The van der Waals surface area contributed by atoms with E-state index in [4.69, 9.17) is 10.3 Å². The number of likely N-dealkylation sites (N-methyl/N-ethyl adjacent to an activating group) is 1. The minimum absolute atomic E-state index is 0.163. The molecular weight excluding hydrogens is 254 g/mol. The molecule has 0 aliphatic heterocycles. The molecule has 0 bridgehead atoms. The Morgan fingerprint density at radius 1 is 1.40 bits per heavy atom. The molecule has 1 atom stereocenters. The van der Waals surface area contributed by atoms with Crippen LogP contribution >= 0.6 is 0 Å². The minimum atomic E-state index is -1.06. The van der Waals surface area contributed by atoms with Crippen LogP contribution in [0.1, 0.15) is 23.9 Å². The number of amides is 1. The monoisotopic (exact) mass is 273 g/mol. The highest BCUT2D eigenvalue weighted by Crippen LogP contribution is 2.20. The topological polar surface area (TPSA) is 72.4 Å². The van der Waals surface area contributed by atoms with Crippen LogP contribution in [0.3, 0.4) is 0 Å². The van der Waals surface area contributed by atoms with E-state index < -0.39 is 5.54 Å². The maximum atomic E-state index is 12.5. The zero-order valence-corrected chi connectivity index (χ0v) is 12.0. The number of rotatable bonds is 4. The second kappa shape index (κ2) is 5.46. The van der Waals surface area contributed by atoms with Gasteiger partial charge in [-0.05, 0) is 19.4 Å². The molecule has 1 amide bonds. The van der Waals surface area contributed by atoms with E-state index in [2.05, 4.69) is 5.16 Å². The number of hydrogen-bond acceptors (Lipinski definition) is 4. The Morgan fingerprint density at radius 3 is 2.60 bits per heavy atom. The molecule has 2 rings (SSSR count). The normalized spacial score (nSPS) is 13.8. The van der Waals surface area contributed by atoms with Crippen molar-refractivity contribution in [1.82, 2.24) is 10.1 Å². The van der Waals surface area contributed by atoms with Crippen LogP contribution in [0.5, 0.6) is 0 Å². The van der Waals surface area contributed by atoms with Crippen molar-refractivity contribution in [2.45, 2.75) is 25.9 Å². The van der Waals surface area contributed by atoms with Gasteiger partial charge in [0, 0.05) is 13.1 Å². The number of aromatic nitrogens is 1. The van der Waals surface area contributed by atoms with E-state index in [1.807, 2.05) is 37.3 Å². The Balaban J connectivity index is 2.13. The standard InChI is InChI=1S/C15H19N3O2/c1-11-9-13(17-20-11)10-18(3)14(19)15(2,16)12-7-5-4-6-8-12/h4-9H,10,16H2,1-3H3.